The number of rotatable bonds is 0. The van der Waals surface area contributed by atoms with Crippen LogP contribution in [0.5, 0.6) is 0 Å². The maximum atomic E-state index is 2.50. The van der Waals surface area contributed by atoms with Crippen molar-refractivity contribution in [1.82, 2.24) is 0 Å². The molecule has 1 aliphatic rings. The molecule has 1 atom stereocenters. The lowest BCUT2D eigenvalue weighted by Gasteiger charge is -2.27. The first-order chi connectivity index (χ1) is 4.10. The van der Waals surface area contributed by atoms with E-state index in [1.807, 2.05) is 0 Å². The smallest absolute Gasteiger partial charge is 0.0590 e. The highest BCUT2D eigenvalue weighted by Gasteiger charge is 2.31. The minimum Gasteiger partial charge on any atom is -0.0590 e. The van der Waals surface area contributed by atoms with E-state index in [0.29, 0.717) is 0 Å². The first-order valence-corrected chi connectivity index (χ1v) is 6.97. The van der Waals surface area contributed by atoms with Gasteiger partial charge < -0.3 is 0 Å². The normalized spacial score (nSPS) is 34.3. The molecule has 1 fully saturated rings. The molecule has 0 saturated carbocycles. The Morgan fingerprint density at radius 3 is 2.33 bits per heavy atom. The second-order valence-corrected chi connectivity index (χ2v) is 8.77. The zero-order chi connectivity index (χ0) is 6.91. The molecule has 0 aromatic rings. The molecule has 0 aromatic heterocycles. The van der Waals surface area contributed by atoms with Gasteiger partial charge in [0.2, 0.25) is 0 Å². The Morgan fingerprint density at radius 1 is 1.33 bits per heavy atom. The van der Waals surface area contributed by atoms with Gasteiger partial charge in [-0.25, -0.2) is 0 Å². The number of hydrogen-bond donors (Lipinski definition) is 0. The van der Waals surface area contributed by atoms with E-state index in [4.69, 9.17) is 0 Å². The zero-order valence-electron chi connectivity index (χ0n) is 6.85. The second-order valence-electron chi connectivity index (χ2n) is 4.09. The molecule has 54 valence electrons. The van der Waals surface area contributed by atoms with Crippen molar-refractivity contribution in [1.29, 1.82) is 0 Å². The highest BCUT2D eigenvalue weighted by molar-refractivity contribution is 7.74. The molecule has 0 bridgehead atoms. The molecule has 1 aliphatic heterocycles. The molecular formula is C8H18P+. The molecule has 0 spiro atoms. The molecule has 1 heterocycles. The van der Waals surface area contributed by atoms with E-state index in [-0.39, 0.29) is 0 Å². The molecule has 1 unspecified atom stereocenters. The van der Waals surface area contributed by atoms with Crippen molar-refractivity contribution in [3.8, 4) is 0 Å². The fourth-order valence-electron chi connectivity index (χ4n) is 1.89. The van der Waals surface area contributed by atoms with Crippen LogP contribution >= 0.6 is 7.26 Å². The van der Waals surface area contributed by atoms with Crippen molar-refractivity contribution >= 4 is 7.26 Å². The Hall–Kier alpha value is 0.430. The summed E-state index contributed by atoms with van der Waals surface area (Å²) in [5, 5.41) is 0. The molecular weight excluding hydrogens is 127 g/mol. The average molecular weight is 145 g/mol. The van der Waals surface area contributed by atoms with Gasteiger partial charge in [0.25, 0.3) is 0 Å². The van der Waals surface area contributed by atoms with E-state index < -0.39 is 7.26 Å². The topological polar surface area (TPSA) is 0 Å². The van der Waals surface area contributed by atoms with Crippen LogP contribution in [-0.2, 0) is 0 Å². The highest BCUT2D eigenvalue weighted by Crippen LogP contribution is 2.56. The maximum Gasteiger partial charge on any atom is 0.0614 e. The Kier molecular flexibility index (Phi) is 2.16. The monoisotopic (exact) mass is 145 g/mol. The molecule has 1 rings (SSSR count). The fraction of sp³-hybridized carbons (Fsp3) is 1.00. The molecule has 0 aliphatic carbocycles. The summed E-state index contributed by atoms with van der Waals surface area (Å²) >= 11 is 0. The van der Waals surface area contributed by atoms with Crippen molar-refractivity contribution in [2.75, 3.05) is 25.7 Å². The SMILES string of the molecule is CC1CCC[P+](C)(C)C1. The zero-order valence-corrected chi connectivity index (χ0v) is 7.75. The van der Waals surface area contributed by atoms with Crippen molar-refractivity contribution in [3.63, 3.8) is 0 Å². The van der Waals surface area contributed by atoms with E-state index in [1.165, 1.54) is 12.8 Å². The van der Waals surface area contributed by atoms with E-state index in [2.05, 4.69) is 20.3 Å². The Balaban J connectivity index is 2.41. The van der Waals surface area contributed by atoms with Gasteiger partial charge in [-0.15, -0.1) is 0 Å². The van der Waals surface area contributed by atoms with E-state index in [1.54, 1.807) is 12.3 Å². The third kappa shape index (κ3) is 2.26. The molecule has 0 N–H and O–H groups in total. The summed E-state index contributed by atoms with van der Waals surface area (Å²) in [6.07, 6.45) is 6.09. The minimum absolute atomic E-state index is 0.393. The van der Waals surface area contributed by atoms with Crippen molar-refractivity contribution in [3.05, 3.63) is 0 Å². The predicted molar refractivity (Wildman–Crippen MR) is 46.9 cm³/mol. The third-order valence-corrected chi connectivity index (χ3v) is 5.41. The summed E-state index contributed by atoms with van der Waals surface area (Å²) in [7, 11) is -0.393. The lowest BCUT2D eigenvalue weighted by atomic mass is 10.1. The van der Waals surface area contributed by atoms with Crippen LogP contribution in [0.1, 0.15) is 19.8 Å². The Morgan fingerprint density at radius 2 is 2.00 bits per heavy atom. The van der Waals surface area contributed by atoms with Crippen molar-refractivity contribution in [2.24, 2.45) is 5.92 Å². The summed E-state index contributed by atoms with van der Waals surface area (Å²) < 4.78 is 0. The highest BCUT2D eigenvalue weighted by atomic mass is 31.2. The van der Waals surface area contributed by atoms with Gasteiger partial charge in [0.05, 0.1) is 12.3 Å². The molecule has 0 aromatic carbocycles. The van der Waals surface area contributed by atoms with Crippen LogP contribution < -0.4 is 0 Å². The summed E-state index contributed by atoms with van der Waals surface area (Å²) in [5.41, 5.74) is 0. The molecule has 0 radical (unpaired) electrons. The number of hydrogen-bond acceptors (Lipinski definition) is 0. The third-order valence-electron chi connectivity index (χ3n) is 2.27. The molecule has 1 saturated heterocycles. The van der Waals surface area contributed by atoms with Crippen molar-refractivity contribution < 1.29 is 0 Å². The lowest BCUT2D eigenvalue weighted by Crippen LogP contribution is -2.15. The standard InChI is InChI=1S/C8H18P/c1-8-5-4-6-9(2,3)7-8/h8H,4-7H2,1-3H3/q+1. The van der Waals surface area contributed by atoms with Crippen LogP contribution in [0.4, 0.5) is 0 Å². The maximum absolute atomic E-state index is 2.50. The van der Waals surface area contributed by atoms with Crippen LogP contribution in [0.25, 0.3) is 0 Å². The van der Waals surface area contributed by atoms with Gasteiger partial charge in [-0.05, 0) is 18.8 Å². The first-order valence-electron chi connectivity index (χ1n) is 3.92. The van der Waals surface area contributed by atoms with Crippen LogP contribution in [0.3, 0.4) is 0 Å². The van der Waals surface area contributed by atoms with Gasteiger partial charge in [0.1, 0.15) is 0 Å². The minimum atomic E-state index is -0.393. The summed E-state index contributed by atoms with van der Waals surface area (Å²) in [4.78, 5) is 0. The molecule has 0 amide bonds. The van der Waals surface area contributed by atoms with Gasteiger partial charge in [-0.3, -0.25) is 0 Å². The van der Waals surface area contributed by atoms with Gasteiger partial charge in [-0.2, -0.15) is 0 Å². The van der Waals surface area contributed by atoms with Crippen LogP contribution in [0.15, 0.2) is 0 Å². The van der Waals surface area contributed by atoms with Gasteiger partial charge in [-0.1, -0.05) is 6.92 Å². The van der Waals surface area contributed by atoms with E-state index >= 15 is 0 Å². The molecule has 1 heteroatoms. The molecule has 9 heavy (non-hydrogen) atoms. The molecule has 0 nitrogen and oxygen atoms in total. The van der Waals surface area contributed by atoms with Gasteiger partial charge >= 0.3 is 0 Å². The lowest BCUT2D eigenvalue weighted by molar-refractivity contribution is 0.562. The fourth-order valence-corrected chi connectivity index (χ4v) is 4.99. The van der Waals surface area contributed by atoms with E-state index in [9.17, 15) is 0 Å². The van der Waals surface area contributed by atoms with Gasteiger partial charge in [0, 0.05) is 20.6 Å². The predicted octanol–water partition coefficient (Wildman–Crippen LogP) is 2.69. The van der Waals surface area contributed by atoms with E-state index in [0.717, 1.165) is 5.92 Å². The van der Waals surface area contributed by atoms with Gasteiger partial charge in [0.15, 0.2) is 0 Å². The van der Waals surface area contributed by atoms with Crippen LogP contribution in [0.2, 0.25) is 0 Å². The largest absolute Gasteiger partial charge is 0.0614 e. The summed E-state index contributed by atoms with van der Waals surface area (Å²) in [6, 6.07) is 0. The van der Waals surface area contributed by atoms with Crippen molar-refractivity contribution in [2.45, 2.75) is 19.8 Å². The van der Waals surface area contributed by atoms with Crippen LogP contribution in [0, 0.1) is 5.92 Å². The quantitative estimate of drug-likeness (QED) is 0.460. The second kappa shape index (κ2) is 2.58. The van der Waals surface area contributed by atoms with Crippen LogP contribution in [-0.4, -0.2) is 25.7 Å². The summed E-state index contributed by atoms with van der Waals surface area (Å²) in [6.45, 7) is 7.41. The Bertz CT molecular complexity index is 96.7. The summed E-state index contributed by atoms with van der Waals surface area (Å²) in [5.74, 6) is 1.03. The Labute approximate surface area is 59.4 Å². The average Bonchev–Trinajstić information content (AvgIpc) is 1.60. The first kappa shape index (κ1) is 7.54.